The Kier molecular flexibility index (Phi) is 8.75. The number of amides is 2. The Morgan fingerprint density at radius 3 is 2.14 bits per heavy atom. The highest BCUT2D eigenvalue weighted by Crippen LogP contribution is 2.53. The zero-order valence-corrected chi connectivity index (χ0v) is 23.2. The minimum absolute atomic E-state index is 0.00954. The SMILES string of the molecule is C[C@H]1CC(F)(F)CN1C(=O)c1nc(C(=O)NCC(C)(C)O)sc1-c1ccc(C(C)(C(F)(F)F)C(F)(F)F)cc1C(F)F. The lowest BCUT2D eigenvalue weighted by atomic mass is 9.79. The summed E-state index contributed by atoms with van der Waals surface area (Å²) in [6.45, 7) is 2.30. The predicted octanol–water partition coefficient (Wildman–Crippen LogP) is 6.50. The number of thiazole rings is 1. The zero-order chi connectivity index (χ0) is 32.2. The fraction of sp³-hybridized carbons (Fsp3) is 0.560. The number of carbonyl (C=O) groups excluding carboxylic acids is 2. The first kappa shape index (κ1) is 33.6. The van der Waals surface area contributed by atoms with Crippen LogP contribution in [0.1, 0.15) is 72.0 Å². The van der Waals surface area contributed by atoms with E-state index in [1.165, 1.54) is 20.8 Å². The third-order valence-electron chi connectivity index (χ3n) is 6.74. The highest BCUT2D eigenvalue weighted by molar-refractivity contribution is 7.17. The maximum atomic E-state index is 14.2. The van der Waals surface area contributed by atoms with Crippen molar-refractivity contribution in [3.8, 4) is 10.4 Å². The van der Waals surface area contributed by atoms with Gasteiger partial charge in [0.2, 0.25) is 0 Å². The van der Waals surface area contributed by atoms with Crippen LogP contribution in [0.5, 0.6) is 0 Å². The molecular formula is C25H25F10N3O3S. The van der Waals surface area contributed by atoms with E-state index in [4.69, 9.17) is 0 Å². The second kappa shape index (κ2) is 11.0. The lowest BCUT2D eigenvalue weighted by Gasteiger charge is -2.34. The van der Waals surface area contributed by atoms with Gasteiger partial charge in [-0.3, -0.25) is 9.59 Å². The monoisotopic (exact) mass is 637 g/mol. The summed E-state index contributed by atoms with van der Waals surface area (Å²) in [5, 5.41) is 11.6. The van der Waals surface area contributed by atoms with Crippen molar-refractivity contribution in [3.05, 3.63) is 40.0 Å². The van der Waals surface area contributed by atoms with Crippen LogP contribution >= 0.6 is 11.3 Å². The lowest BCUT2D eigenvalue weighted by Crippen LogP contribution is -2.51. The second-order valence-electron chi connectivity index (χ2n) is 10.8. The molecule has 2 N–H and O–H groups in total. The topological polar surface area (TPSA) is 82.5 Å². The average Bonchev–Trinajstić information content (AvgIpc) is 3.39. The molecule has 2 aromatic rings. The standard InChI is InChI=1S/C25H25F10N3O3S/c1-11-8-23(28,29)10-38(11)20(40)15-16(42-19(37-15)18(39)36-9-21(2,3)41)13-6-5-12(7-14(13)17(26)27)22(4,24(30,31)32)25(33,34)35/h5-7,11,17,41H,8-10H2,1-4H3,(H,36,39)/t11-/m0/s1. The molecule has 3 rings (SSSR count). The molecular weight excluding hydrogens is 612 g/mol. The van der Waals surface area contributed by atoms with Crippen molar-refractivity contribution in [2.45, 2.75) is 75.9 Å². The molecule has 0 unspecified atom stereocenters. The normalized spacial score (nSPS) is 18.1. The molecule has 0 saturated carbocycles. The molecule has 1 atom stereocenters. The third-order valence-corrected chi connectivity index (χ3v) is 7.82. The van der Waals surface area contributed by atoms with Gasteiger partial charge in [0.25, 0.3) is 24.2 Å². The van der Waals surface area contributed by atoms with E-state index in [-0.39, 0.29) is 19.5 Å². The number of likely N-dealkylation sites (tertiary alicyclic amines) is 1. The van der Waals surface area contributed by atoms with Gasteiger partial charge < -0.3 is 15.3 Å². The maximum Gasteiger partial charge on any atom is 0.406 e. The molecule has 42 heavy (non-hydrogen) atoms. The number of rotatable bonds is 7. The van der Waals surface area contributed by atoms with E-state index >= 15 is 0 Å². The van der Waals surface area contributed by atoms with E-state index in [0.29, 0.717) is 28.4 Å². The number of carbonyl (C=O) groups is 2. The van der Waals surface area contributed by atoms with Gasteiger partial charge in [-0.15, -0.1) is 11.3 Å². The molecule has 234 valence electrons. The summed E-state index contributed by atoms with van der Waals surface area (Å²) in [7, 11) is 0. The van der Waals surface area contributed by atoms with Crippen molar-refractivity contribution in [2.24, 2.45) is 0 Å². The van der Waals surface area contributed by atoms with Gasteiger partial charge >= 0.3 is 12.4 Å². The average molecular weight is 638 g/mol. The summed E-state index contributed by atoms with van der Waals surface area (Å²) in [4.78, 5) is 30.0. The van der Waals surface area contributed by atoms with Gasteiger partial charge in [0, 0.05) is 30.1 Å². The maximum absolute atomic E-state index is 14.2. The zero-order valence-electron chi connectivity index (χ0n) is 22.4. The van der Waals surface area contributed by atoms with E-state index in [1.807, 2.05) is 0 Å². The number of hydrogen-bond donors (Lipinski definition) is 2. The van der Waals surface area contributed by atoms with Crippen molar-refractivity contribution in [1.29, 1.82) is 0 Å². The van der Waals surface area contributed by atoms with E-state index < -0.39 is 98.8 Å². The van der Waals surface area contributed by atoms with Gasteiger partial charge in [0.05, 0.1) is 17.0 Å². The molecule has 17 heteroatoms. The van der Waals surface area contributed by atoms with Crippen molar-refractivity contribution < 1.29 is 58.6 Å². The second-order valence-corrected chi connectivity index (χ2v) is 11.8. The molecule has 1 saturated heterocycles. The van der Waals surface area contributed by atoms with Gasteiger partial charge in [0.1, 0.15) is 5.69 Å². The van der Waals surface area contributed by atoms with Crippen LogP contribution in [0.3, 0.4) is 0 Å². The van der Waals surface area contributed by atoms with Crippen molar-refractivity contribution >= 4 is 23.2 Å². The van der Waals surface area contributed by atoms with E-state index in [0.717, 1.165) is 0 Å². The molecule has 2 amide bonds. The number of nitrogens with one attached hydrogen (secondary N) is 1. The van der Waals surface area contributed by atoms with Gasteiger partial charge in [-0.05, 0) is 39.3 Å². The number of halogens is 10. The highest BCUT2D eigenvalue weighted by Gasteiger charge is 2.68. The number of aromatic nitrogens is 1. The molecule has 1 aromatic carbocycles. The van der Waals surface area contributed by atoms with E-state index in [9.17, 15) is 58.6 Å². The minimum atomic E-state index is -5.94. The lowest BCUT2D eigenvalue weighted by molar-refractivity contribution is -0.297. The van der Waals surface area contributed by atoms with Gasteiger partial charge in [-0.2, -0.15) is 26.3 Å². The third kappa shape index (κ3) is 6.50. The van der Waals surface area contributed by atoms with Crippen molar-refractivity contribution in [2.75, 3.05) is 13.1 Å². The Balaban J connectivity index is 2.24. The molecule has 1 fully saturated rings. The number of benzene rings is 1. The Morgan fingerprint density at radius 2 is 1.69 bits per heavy atom. The number of nitrogens with zero attached hydrogens (tertiary/aromatic N) is 2. The quantitative estimate of drug-likeness (QED) is 0.340. The molecule has 1 aliphatic heterocycles. The van der Waals surface area contributed by atoms with Gasteiger partial charge in [0.15, 0.2) is 10.4 Å². The van der Waals surface area contributed by atoms with E-state index in [2.05, 4.69) is 10.3 Å². The van der Waals surface area contributed by atoms with Crippen molar-refractivity contribution in [1.82, 2.24) is 15.2 Å². The Labute approximate surface area is 236 Å². The molecule has 6 nitrogen and oxygen atoms in total. The van der Waals surface area contributed by atoms with Crippen LogP contribution in [0, 0.1) is 0 Å². The number of alkyl halides is 10. The molecule has 0 radical (unpaired) electrons. The van der Waals surface area contributed by atoms with Crippen LogP contribution in [0.2, 0.25) is 0 Å². The van der Waals surface area contributed by atoms with Crippen molar-refractivity contribution in [3.63, 3.8) is 0 Å². The Morgan fingerprint density at radius 1 is 1.12 bits per heavy atom. The summed E-state index contributed by atoms with van der Waals surface area (Å²) < 4.78 is 138. The summed E-state index contributed by atoms with van der Waals surface area (Å²) in [5.74, 6) is -5.54. The van der Waals surface area contributed by atoms with Crippen LogP contribution in [0.15, 0.2) is 18.2 Å². The Hall–Kier alpha value is -2.95. The summed E-state index contributed by atoms with van der Waals surface area (Å²) >= 11 is 0.298. The van der Waals surface area contributed by atoms with Gasteiger partial charge in [-0.1, -0.05) is 12.1 Å². The molecule has 0 spiro atoms. The van der Waals surface area contributed by atoms with E-state index in [1.54, 1.807) is 0 Å². The summed E-state index contributed by atoms with van der Waals surface area (Å²) in [6.07, 6.45) is -16.3. The van der Waals surface area contributed by atoms with Crippen LogP contribution in [-0.4, -0.2) is 69.8 Å². The van der Waals surface area contributed by atoms with Crippen LogP contribution in [0.4, 0.5) is 43.9 Å². The first-order chi connectivity index (χ1) is 18.9. The fourth-order valence-corrected chi connectivity index (χ4v) is 5.31. The molecule has 1 aromatic heterocycles. The predicted molar refractivity (Wildman–Crippen MR) is 131 cm³/mol. The number of aliphatic hydroxyl groups is 1. The molecule has 0 aliphatic carbocycles. The highest BCUT2D eigenvalue weighted by atomic mass is 32.1. The largest absolute Gasteiger partial charge is 0.406 e. The molecule has 0 bridgehead atoms. The summed E-state index contributed by atoms with van der Waals surface area (Å²) in [6, 6.07) is -0.227. The van der Waals surface area contributed by atoms with Crippen LogP contribution in [0.25, 0.3) is 10.4 Å². The number of hydrogen-bond acceptors (Lipinski definition) is 5. The summed E-state index contributed by atoms with van der Waals surface area (Å²) in [5.41, 5.74) is -10.4. The first-order valence-electron chi connectivity index (χ1n) is 12.2. The first-order valence-corrected chi connectivity index (χ1v) is 13.0. The minimum Gasteiger partial charge on any atom is -0.389 e. The van der Waals surface area contributed by atoms with Crippen LogP contribution in [-0.2, 0) is 5.41 Å². The van der Waals surface area contributed by atoms with Gasteiger partial charge in [-0.25, -0.2) is 22.5 Å². The van der Waals surface area contributed by atoms with Crippen LogP contribution < -0.4 is 5.32 Å². The molecule has 1 aliphatic rings. The fourth-order valence-electron chi connectivity index (χ4n) is 4.29. The molecule has 2 heterocycles. The smallest absolute Gasteiger partial charge is 0.389 e. The Bertz CT molecular complexity index is 1330.